The molecule has 0 radical (unpaired) electrons. The maximum Gasteiger partial charge on any atom is 0.420 e. The minimum Gasteiger partial charge on any atom is -0.351 e. The molecule has 3 heterocycles. The van der Waals surface area contributed by atoms with E-state index in [0.717, 1.165) is 37.1 Å². The van der Waals surface area contributed by atoms with E-state index in [-0.39, 0.29) is 17.7 Å². The number of anilines is 1. The molecule has 1 fully saturated rings. The molecule has 0 amide bonds. The van der Waals surface area contributed by atoms with Crippen molar-refractivity contribution in [2.24, 2.45) is 0 Å². The summed E-state index contributed by atoms with van der Waals surface area (Å²) in [5.41, 5.74) is -0.954. The number of hydrogen-bond donors (Lipinski definition) is 1. The highest BCUT2D eigenvalue weighted by molar-refractivity contribution is 7.96. The Morgan fingerprint density at radius 3 is 2.57 bits per heavy atom. The van der Waals surface area contributed by atoms with Crippen LogP contribution in [0.3, 0.4) is 0 Å². The predicted octanol–water partition coefficient (Wildman–Crippen LogP) is 3.83. The molecular weight excluding hydrogens is 409 g/mol. The molecule has 0 unspecified atom stereocenters. The van der Waals surface area contributed by atoms with Gasteiger partial charge in [0.05, 0.1) is 10.6 Å². The van der Waals surface area contributed by atoms with E-state index in [0.29, 0.717) is 11.4 Å². The van der Waals surface area contributed by atoms with Crippen molar-refractivity contribution >= 4 is 29.2 Å². The number of hydrogen-bond acceptors (Lipinski definition) is 8. The lowest BCUT2D eigenvalue weighted by molar-refractivity contribution is -0.137. The number of aromatic nitrogens is 3. The van der Waals surface area contributed by atoms with Gasteiger partial charge in [-0.2, -0.15) is 13.2 Å². The molecule has 1 N–H and O–H groups in total. The Hall–Kier alpha value is -1.43. The van der Waals surface area contributed by atoms with E-state index in [1.807, 2.05) is 25.3 Å². The Kier molecular flexibility index (Phi) is 6.79. The van der Waals surface area contributed by atoms with Crippen LogP contribution in [0.25, 0.3) is 10.6 Å². The molecule has 1 aliphatic rings. The summed E-state index contributed by atoms with van der Waals surface area (Å²) in [5.74, 6) is 0.230. The minimum atomic E-state index is -4.52. The van der Waals surface area contributed by atoms with Gasteiger partial charge < -0.3 is 10.2 Å². The van der Waals surface area contributed by atoms with Crippen LogP contribution in [0.1, 0.15) is 23.4 Å². The fourth-order valence-corrected chi connectivity index (χ4v) is 4.59. The second kappa shape index (κ2) is 8.93. The average molecular weight is 433 g/mol. The van der Waals surface area contributed by atoms with E-state index in [1.54, 1.807) is 11.9 Å². The van der Waals surface area contributed by atoms with Crippen LogP contribution >= 0.6 is 23.3 Å². The summed E-state index contributed by atoms with van der Waals surface area (Å²) in [5, 5.41) is 3.95. The lowest BCUT2D eigenvalue weighted by Crippen LogP contribution is -2.35. The highest BCUT2D eigenvalue weighted by Gasteiger charge is 2.36. The normalized spacial score (nSPS) is 16.7. The van der Waals surface area contributed by atoms with Crippen molar-refractivity contribution in [3.8, 4) is 10.6 Å². The van der Waals surface area contributed by atoms with Gasteiger partial charge in [-0.05, 0) is 33.2 Å². The Morgan fingerprint density at radius 1 is 1.25 bits per heavy atom. The predicted molar refractivity (Wildman–Crippen MR) is 107 cm³/mol. The van der Waals surface area contributed by atoms with Crippen LogP contribution in [0.4, 0.5) is 19.1 Å². The van der Waals surface area contributed by atoms with E-state index >= 15 is 0 Å². The lowest BCUT2D eigenvalue weighted by atomic mass is 10.1. The zero-order chi connectivity index (χ0) is 20.3. The summed E-state index contributed by atoms with van der Waals surface area (Å²) < 4.78 is 42.7. The molecular formula is C17H23F3N6S2. The van der Waals surface area contributed by atoms with Gasteiger partial charge in [0.25, 0.3) is 0 Å². The molecule has 0 atom stereocenters. The highest BCUT2D eigenvalue weighted by Crippen LogP contribution is 2.38. The molecule has 0 aliphatic carbocycles. The van der Waals surface area contributed by atoms with Gasteiger partial charge in [-0.1, -0.05) is 11.9 Å². The van der Waals surface area contributed by atoms with Gasteiger partial charge in [0, 0.05) is 38.1 Å². The Morgan fingerprint density at radius 2 is 1.96 bits per heavy atom. The Bertz CT molecular complexity index is 787. The second-order valence-electron chi connectivity index (χ2n) is 6.84. The van der Waals surface area contributed by atoms with E-state index in [2.05, 4.69) is 24.6 Å². The van der Waals surface area contributed by atoms with E-state index < -0.39 is 11.7 Å². The van der Waals surface area contributed by atoms with Crippen LogP contribution in [0.2, 0.25) is 0 Å². The van der Waals surface area contributed by atoms with Gasteiger partial charge in [-0.25, -0.2) is 15.0 Å². The smallest absolute Gasteiger partial charge is 0.351 e. The van der Waals surface area contributed by atoms with Gasteiger partial charge in [0.1, 0.15) is 10.6 Å². The van der Waals surface area contributed by atoms with Crippen LogP contribution < -0.4 is 5.32 Å². The van der Waals surface area contributed by atoms with Crippen LogP contribution in [0, 0.1) is 0 Å². The van der Waals surface area contributed by atoms with Crippen LogP contribution in [0.15, 0.2) is 12.4 Å². The second-order valence-corrected chi connectivity index (χ2v) is 8.84. The summed E-state index contributed by atoms with van der Waals surface area (Å²) in [7, 11) is 3.77. The number of nitrogens with one attached hydrogen (secondary N) is 1. The fourth-order valence-electron chi connectivity index (χ4n) is 2.98. The highest BCUT2D eigenvalue weighted by atomic mass is 32.2. The van der Waals surface area contributed by atoms with Crippen molar-refractivity contribution in [1.82, 2.24) is 24.2 Å². The Balaban J connectivity index is 1.84. The lowest BCUT2D eigenvalue weighted by Gasteiger charge is -2.30. The van der Waals surface area contributed by atoms with Gasteiger partial charge in [0.15, 0.2) is 0 Å². The van der Waals surface area contributed by atoms with E-state index in [9.17, 15) is 13.2 Å². The van der Waals surface area contributed by atoms with Crippen molar-refractivity contribution in [2.75, 3.05) is 38.8 Å². The first kappa shape index (κ1) is 21.3. The number of piperidine rings is 1. The topological polar surface area (TPSA) is 57.2 Å². The third-order valence-corrected chi connectivity index (χ3v) is 6.25. The number of alkyl halides is 3. The summed E-state index contributed by atoms with van der Waals surface area (Å²) in [6, 6.07) is 0.152. The summed E-state index contributed by atoms with van der Waals surface area (Å²) in [6.07, 6.45) is 1.64. The first-order valence-corrected chi connectivity index (χ1v) is 10.9. The molecule has 6 nitrogen and oxygen atoms in total. The molecule has 11 heteroatoms. The maximum atomic E-state index is 13.5. The first-order valence-electron chi connectivity index (χ1n) is 8.86. The van der Waals surface area contributed by atoms with Crippen molar-refractivity contribution in [3.05, 3.63) is 23.0 Å². The summed E-state index contributed by atoms with van der Waals surface area (Å²) >= 11 is 2.93. The quantitative estimate of drug-likeness (QED) is 0.696. The molecule has 0 aromatic carbocycles. The van der Waals surface area contributed by atoms with Crippen LogP contribution in [-0.2, 0) is 12.7 Å². The SMILES string of the molecule is CSN1CCC(Nc2ncc(C(F)(F)F)c(-c3cnc(CN(C)C)s3)n2)CC1. The van der Waals surface area contributed by atoms with Crippen molar-refractivity contribution in [3.63, 3.8) is 0 Å². The van der Waals surface area contributed by atoms with Gasteiger partial charge in [-0.15, -0.1) is 11.3 Å². The number of halogens is 3. The molecule has 2 aromatic heterocycles. The minimum absolute atomic E-state index is 0.117. The molecule has 0 spiro atoms. The fraction of sp³-hybridized carbons (Fsp3) is 0.588. The zero-order valence-electron chi connectivity index (χ0n) is 16.0. The molecule has 28 heavy (non-hydrogen) atoms. The molecule has 0 saturated carbocycles. The number of nitrogens with zero attached hydrogens (tertiary/aromatic N) is 5. The van der Waals surface area contributed by atoms with Crippen molar-refractivity contribution in [2.45, 2.75) is 31.6 Å². The van der Waals surface area contributed by atoms with Crippen LogP contribution in [-0.4, -0.2) is 63.6 Å². The molecule has 0 bridgehead atoms. The average Bonchev–Trinajstić information content (AvgIpc) is 3.09. The van der Waals surface area contributed by atoms with Gasteiger partial charge >= 0.3 is 6.18 Å². The van der Waals surface area contributed by atoms with Gasteiger partial charge in [-0.3, -0.25) is 4.31 Å². The standard InChI is InChI=1S/C17H23F3N6S2/c1-25(2)10-14-21-9-13(28-14)15-12(17(18,19)20)8-22-16(24-15)23-11-4-6-26(27-3)7-5-11/h8-9,11H,4-7,10H2,1-3H3,(H,22,23,24). The Labute approximate surface area is 170 Å². The van der Waals surface area contributed by atoms with E-state index in [4.69, 9.17) is 0 Å². The van der Waals surface area contributed by atoms with E-state index in [1.165, 1.54) is 17.5 Å². The molecule has 1 aliphatic heterocycles. The summed E-state index contributed by atoms with van der Waals surface area (Å²) in [6.45, 7) is 2.42. The third kappa shape index (κ3) is 5.34. The number of rotatable bonds is 6. The molecule has 154 valence electrons. The third-order valence-electron chi connectivity index (χ3n) is 4.38. The first-order chi connectivity index (χ1) is 13.3. The molecule has 3 rings (SSSR count). The molecule has 1 saturated heterocycles. The summed E-state index contributed by atoms with van der Waals surface area (Å²) in [4.78, 5) is 14.7. The number of thiazole rings is 1. The monoisotopic (exact) mass is 432 g/mol. The van der Waals surface area contributed by atoms with Gasteiger partial charge in [0.2, 0.25) is 5.95 Å². The zero-order valence-corrected chi connectivity index (χ0v) is 17.6. The van der Waals surface area contributed by atoms with Crippen LogP contribution in [0.5, 0.6) is 0 Å². The van der Waals surface area contributed by atoms with Crippen molar-refractivity contribution in [1.29, 1.82) is 0 Å². The van der Waals surface area contributed by atoms with Crippen molar-refractivity contribution < 1.29 is 13.2 Å². The molecule has 2 aromatic rings. The maximum absolute atomic E-state index is 13.5. The largest absolute Gasteiger partial charge is 0.420 e.